The van der Waals surface area contributed by atoms with Crippen molar-refractivity contribution in [1.82, 2.24) is 0 Å². The molecule has 22 heavy (non-hydrogen) atoms. The average molecular weight is 296 g/mol. The Kier molecular flexibility index (Phi) is 7.02. The molecule has 0 fully saturated rings. The molecule has 0 saturated heterocycles. The highest BCUT2D eigenvalue weighted by atomic mass is 16.5. The fourth-order valence-electron chi connectivity index (χ4n) is 2.82. The number of benzene rings is 2. The second-order valence-corrected chi connectivity index (χ2v) is 6.22. The highest BCUT2D eigenvalue weighted by Crippen LogP contribution is 2.18. The van der Waals surface area contributed by atoms with Crippen LogP contribution in [0.3, 0.4) is 0 Å². The molecule has 0 aliphatic carbocycles. The van der Waals surface area contributed by atoms with E-state index < -0.39 is 0 Å². The van der Waals surface area contributed by atoms with Gasteiger partial charge in [0.15, 0.2) is 0 Å². The zero-order chi connectivity index (χ0) is 15.6. The first kappa shape index (κ1) is 16.6. The summed E-state index contributed by atoms with van der Waals surface area (Å²) >= 11 is 0. The lowest BCUT2D eigenvalue weighted by Gasteiger charge is -2.11. The number of methoxy groups -OCH3 is 1. The predicted molar refractivity (Wildman–Crippen MR) is 94.5 cm³/mol. The number of unbranched alkanes of at least 4 members (excludes halogenated alkanes) is 1. The number of aryl methyl sites for hydroxylation is 2. The summed E-state index contributed by atoms with van der Waals surface area (Å²) in [5, 5.41) is 0. The predicted octanol–water partition coefficient (Wildman–Crippen LogP) is 5.68. The minimum atomic E-state index is 0.804. The lowest BCUT2D eigenvalue weighted by molar-refractivity contribution is 0.414. The topological polar surface area (TPSA) is 9.23 Å². The molecule has 0 N–H and O–H groups in total. The fraction of sp³-hybridized carbons (Fsp3) is 0.429. The first-order valence-corrected chi connectivity index (χ1v) is 8.45. The molecule has 0 heterocycles. The van der Waals surface area contributed by atoms with Gasteiger partial charge in [0.05, 0.1) is 7.11 Å². The second kappa shape index (κ2) is 9.30. The van der Waals surface area contributed by atoms with Crippen LogP contribution < -0.4 is 4.74 Å². The molecule has 1 unspecified atom stereocenters. The van der Waals surface area contributed by atoms with Crippen molar-refractivity contribution in [2.24, 2.45) is 5.92 Å². The highest BCUT2D eigenvalue weighted by Gasteiger charge is 2.03. The van der Waals surface area contributed by atoms with E-state index in [1.165, 1.54) is 49.7 Å². The number of hydrogen-bond donors (Lipinski definition) is 0. The van der Waals surface area contributed by atoms with Crippen molar-refractivity contribution < 1.29 is 4.74 Å². The van der Waals surface area contributed by atoms with Gasteiger partial charge in [0, 0.05) is 0 Å². The van der Waals surface area contributed by atoms with E-state index in [1.54, 1.807) is 7.11 Å². The van der Waals surface area contributed by atoms with Gasteiger partial charge in [-0.05, 0) is 54.9 Å². The van der Waals surface area contributed by atoms with Crippen LogP contribution in [-0.2, 0) is 12.8 Å². The molecule has 0 aliphatic heterocycles. The number of ether oxygens (including phenoxy) is 1. The maximum atomic E-state index is 5.20. The molecular formula is C21H28O. The van der Waals surface area contributed by atoms with Crippen LogP contribution in [0.25, 0.3) is 0 Å². The molecule has 0 bridgehead atoms. The molecule has 2 aromatic rings. The summed E-state index contributed by atoms with van der Waals surface area (Å²) in [5.74, 6) is 1.75. The lowest BCUT2D eigenvalue weighted by atomic mass is 9.95. The Morgan fingerprint density at radius 2 is 1.45 bits per heavy atom. The van der Waals surface area contributed by atoms with Crippen LogP contribution in [0.1, 0.15) is 43.7 Å². The van der Waals surface area contributed by atoms with Crippen LogP contribution in [0.15, 0.2) is 54.6 Å². The first-order valence-electron chi connectivity index (χ1n) is 8.45. The van der Waals surface area contributed by atoms with Crippen molar-refractivity contribution in [3.8, 4) is 5.75 Å². The van der Waals surface area contributed by atoms with Crippen LogP contribution in [0.4, 0.5) is 0 Å². The van der Waals surface area contributed by atoms with Crippen LogP contribution in [0.2, 0.25) is 0 Å². The summed E-state index contributed by atoms with van der Waals surface area (Å²) in [7, 11) is 1.71. The summed E-state index contributed by atoms with van der Waals surface area (Å²) < 4.78 is 5.20. The molecule has 1 heteroatoms. The minimum Gasteiger partial charge on any atom is -0.497 e. The minimum absolute atomic E-state index is 0.804. The molecule has 0 radical (unpaired) electrons. The van der Waals surface area contributed by atoms with Gasteiger partial charge >= 0.3 is 0 Å². The Hall–Kier alpha value is -1.76. The molecule has 2 aromatic carbocycles. The molecule has 0 saturated carbocycles. The van der Waals surface area contributed by atoms with Crippen LogP contribution in [0, 0.1) is 5.92 Å². The fourth-order valence-corrected chi connectivity index (χ4v) is 2.82. The monoisotopic (exact) mass is 296 g/mol. The van der Waals surface area contributed by atoms with E-state index >= 15 is 0 Å². The van der Waals surface area contributed by atoms with E-state index in [2.05, 4.69) is 61.5 Å². The summed E-state index contributed by atoms with van der Waals surface area (Å²) in [4.78, 5) is 0. The number of hydrogen-bond acceptors (Lipinski definition) is 1. The third kappa shape index (κ3) is 5.93. The molecule has 2 rings (SSSR count). The summed E-state index contributed by atoms with van der Waals surface area (Å²) in [6, 6.07) is 19.3. The van der Waals surface area contributed by atoms with E-state index in [0.717, 1.165) is 11.7 Å². The molecule has 118 valence electrons. The quantitative estimate of drug-likeness (QED) is 0.541. The van der Waals surface area contributed by atoms with Gasteiger partial charge in [-0.25, -0.2) is 0 Å². The van der Waals surface area contributed by atoms with Gasteiger partial charge in [-0.1, -0.05) is 62.2 Å². The third-order valence-corrected chi connectivity index (χ3v) is 4.34. The molecule has 1 atom stereocenters. The van der Waals surface area contributed by atoms with Gasteiger partial charge in [0.25, 0.3) is 0 Å². The standard InChI is InChI=1S/C21H28O/c1-18(8-6-7-11-19-9-4-3-5-10-19)12-13-20-14-16-21(22-2)17-15-20/h3-5,9-10,14-18H,6-8,11-13H2,1-2H3. The zero-order valence-electron chi connectivity index (χ0n) is 13.9. The van der Waals surface area contributed by atoms with E-state index in [-0.39, 0.29) is 0 Å². The SMILES string of the molecule is COc1ccc(CCC(C)CCCCc2ccccc2)cc1. The van der Waals surface area contributed by atoms with Crippen molar-refractivity contribution in [2.75, 3.05) is 7.11 Å². The van der Waals surface area contributed by atoms with Crippen molar-refractivity contribution in [3.05, 3.63) is 65.7 Å². The molecule has 0 aromatic heterocycles. The summed E-state index contributed by atoms with van der Waals surface area (Å²) in [6.07, 6.45) is 7.63. The molecular weight excluding hydrogens is 268 g/mol. The largest absolute Gasteiger partial charge is 0.497 e. The van der Waals surface area contributed by atoms with E-state index in [4.69, 9.17) is 4.74 Å². The van der Waals surface area contributed by atoms with Gasteiger partial charge < -0.3 is 4.74 Å². The maximum Gasteiger partial charge on any atom is 0.118 e. The maximum absolute atomic E-state index is 5.20. The Bertz CT molecular complexity index is 515. The van der Waals surface area contributed by atoms with Gasteiger partial charge in [0.2, 0.25) is 0 Å². The van der Waals surface area contributed by atoms with E-state index in [9.17, 15) is 0 Å². The lowest BCUT2D eigenvalue weighted by Crippen LogP contribution is -1.98. The zero-order valence-corrected chi connectivity index (χ0v) is 13.9. The van der Waals surface area contributed by atoms with Gasteiger partial charge in [-0.15, -0.1) is 0 Å². The Labute approximate surface area is 135 Å². The van der Waals surface area contributed by atoms with Crippen molar-refractivity contribution in [2.45, 2.75) is 45.4 Å². The molecule has 0 amide bonds. The Morgan fingerprint density at radius 1 is 0.773 bits per heavy atom. The average Bonchev–Trinajstić information content (AvgIpc) is 2.58. The van der Waals surface area contributed by atoms with Crippen LogP contribution >= 0.6 is 0 Å². The Morgan fingerprint density at radius 3 is 2.14 bits per heavy atom. The summed E-state index contributed by atoms with van der Waals surface area (Å²) in [5.41, 5.74) is 2.88. The smallest absolute Gasteiger partial charge is 0.118 e. The van der Waals surface area contributed by atoms with Crippen molar-refractivity contribution in [3.63, 3.8) is 0 Å². The van der Waals surface area contributed by atoms with E-state index in [0.29, 0.717) is 0 Å². The van der Waals surface area contributed by atoms with Crippen molar-refractivity contribution >= 4 is 0 Å². The number of rotatable bonds is 9. The molecule has 0 spiro atoms. The van der Waals surface area contributed by atoms with Gasteiger partial charge in [-0.2, -0.15) is 0 Å². The van der Waals surface area contributed by atoms with Crippen molar-refractivity contribution in [1.29, 1.82) is 0 Å². The normalized spacial score (nSPS) is 12.1. The van der Waals surface area contributed by atoms with Gasteiger partial charge in [-0.3, -0.25) is 0 Å². The third-order valence-electron chi connectivity index (χ3n) is 4.34. The summed E-state index contributed by atoms with van der Waals surface area (Å²) in [6.45, 7) is 2.38. The molecule has 0 aliphatic rings. The van der Waals surface area contributed by atoms with Crippen LogP contribution in [0.5, 0.6) is 5.75 Å². The van der Waals surface area contributed by atoms with E-state index in [1.807, 2.05) is 0 Å². The second-order valence-electron chi connectivity index (χ2n) is 6.22. The highest BCUT2D eigenvalue weighted by molar-refractivity contribution is 5.27. The van der Waals surface area contributed by atoms with Gasteiger partial charge in [0.1, 0.15) is 5.75 Å². The molecule has 1 nitrogen and oxygen atoms in total. The van der Waals surface area contributed by atoms with Crippen LogP contribution in [-0.4, -0.2) is 7.11 Å². The first-order chi connectivity index (χ1) is 10.8. The Balaban J connectivity index is 1.60.